The van der Waals surface area contributed by atoms with Crippen molar-refractivity contribution < 1.29 is 8.42 Å². The van der Waals surface area contributed by atoms with Gasteiger partial charge in [0.05, 0.1) is 0 Å². The van der Waals surface area contributed by atoms with E-state index in [4.69, 9.17) is 0 Å². The summed E-state index contributed by atoms with van der Waals surface area (Å²) in [6.45, 7) is 2.10. The van der Waals surface area contributed by atoms with Gasteiger partial charge in [-0.1, -0.05) is 19.8 Å². The summed E-state index contributed by atoms with van der Waals surface area (Å²) in [6.07, 6.45) is 7.24. The van der Waals surface area contributed by atoms with Crippen LogP contribution in [0.5, 0.6) is 0 Å². The van der Waals surface area contributed by atoms with Crippen LogP contribution < -0.4 is 4.72 Å². The first-order chi connectivity index (χ1) is 8.49. The zero-order valence-electron chi connectivity index (χ0n) is 10.3. The van der Waals surface area contributed by atoms with E-state index in [1.54, 1.807) is 12.3 Å². The zero-order chi connectivity index (χ0) is 13.2. The smallest absolute Gasteiger partial charge is 0.242 e. The van der Waals surface area contributed by atoms with E-state index in [0.717, 1.165) is 19.3 Å². The number of sulfonamides is 1. The van der Waals surface area contributed by atoms with Crippen LogP contribution in [0.2, 0.25) is 0 Å². The Labute approximate surface area is 116 Å². The molecule has 1 aromatic heterocycles. The third kappa shape index (κ3) is 3.30. The second kappa shape index (κ2) is 5.67. The molecule has 1 aromatic rings. The van der Waals surface area contributed by atoms with E-state index < -0.39 is 10.0 Å². The van der Waals surface area contributed by atoms with Crippen LogP contribution in [-0.2, 0) is 10.0 Å². The predicted molar refractivity (Wildman–Crippen MR) is 73.7 cm³/mol. The molecule has 0 aromatic carbocycles. The summed E-state index contributed by atoms with van der Waals surface area (Å²) in [7, 11) is -3.46. The highest BCUT2D eigenvalue weighted by Gasteiger charge is 2.26. The lowest BCUT2D eigenvalue weighted by Gasteiger charge is -2.29. The van der Waals surface area contributed by atoms with Crippen molar-refractivity contribution in [3.05, 3.63) is 22.9 Å². The SMILES string of the molecule is CC1CCCCC1NS(=O)(=O)c1cncc(Br)c1. The third-order valence-corrected chi connectivity index (χ3v) is 5.30. The lowest BCUT2D eigenvalue weighted by atomic mass is 9.87. The van der Waals surface area contributed by atoms with Crippen molar-refractivity contribution in [3.63, 3.8) is 0 Å². The fraction of sp³-hybridized carbons (Fsp3) is 0.583. The summed E-state index contributed by atoms with van der Waals surface area (Å²) in [5.41, 5.74) is 0. The number of halogens is 1. The Hall–Kier alpha value is -0.460. The molecule has 1 heterocycles. The number of nitrogens with zero attached hydrogens (tertiary/aromatic N) is 1. The summed E-state index contributed by atoms with van der Waals surface area (Å²) in [5, 5.41) is 0. The zero-order valence-corrected chi connectivity index (χ0v) is 12.7. The normalized spacial score (nSPS) is 25.0. The molecule has 100 valence electrons. The van der Waals surface area contributed by atoms with Crippen molar-refractivity contribution in [2.75, 3.05) is 0 Å². The van der Waals surface area contributed by atoms with E-state index in [1.807, 2.05) is 0 Å². The Bertz CT molecular complexity index is 519. The van der Waals surface area contributed by atoms with Gasteiger partial charge in [-0.2, -0.15) is 0 Å². The van der Waals surface area contributed by atoms with Gasteiger partial charge < -0.3 is 0 Å². The van der Waals surface area contributed by atoms with Crippen LogP contribution in [0.1, 0.15) is 32.6 Å². The molecule has 2 atom stereocenters. The van der Waals surface area contributed by atoms with Gasteiger partial charge in [0.25, 0.3) is 0 Å². The molecule has 0 amide bonds. The van der Waals surface area contributed by atoms with Crippen LogP contribution in [0, 0.1) is 5.92 Å². The quantitative estimate of drug-likeness (QED) is 0.925. The molecule has 18 heavy (non-hydrogen) atoms. The van der Waals surface area contributed by atoms with Crippen molar-refractivity contribution in [3.8, 4) is 0 Å². The number of aromatic nitrogens is 1. The Morgan fingerprint density at radius 2 is 2.06 bits per heavy atom. The monoisotopic (exact) mass is 332 g/mol. The van der Waals surface area contributed by atoms with Gasteiger partial charge in [-0.05, 0) is 40.8 Å². The van der Waals surface area contributed by atoms with Crippen LogP contribution in [0.4, 0.5) is 0 Å². The average Bonchev–Trinajstić information content (AvgIpc) is 2.32. The van der Waals surface area contributed by atoms with E-state index in [-0.39, 0.29) is 10.9 Å². The highest BCUT2D eigenvalue weighted by atomic mass is 79.9. The average molecular weight is 333 g/mol. The molecule has 1 aliphatic rings. The lowest BCUT2D eigenvalue weighted by molar-refractivity contribution is 0.310. The fourth-order valence-corrected chi connectivity index (χ4v) is 4.18. The molecule has 1 aliphatic carbocycles. The minimum absolute atomic E-state index is 0.0442. The van der Waals surface area contributed by atoms with Crippen LogP contribution in [0.25, 0.3) is 0 Å². The molecule has 0 aliphatic heterocycles. The van der Waals surface area contributed by atoms with Gasteiger partial charge in [0.1, 0.15) is 4.90 Å². The first-order valence-corrected chi connectivity index (χ1v) is 8.39. The van der Waals surface area contributed by atoms with Crippen LogP contribution in [0.15, 0.2) is 27.8 Å². The van der Waals surface area contributed by atoms with E-state index in [9.17, 15) is 8.42 Å². The van der Waals surface area contributed by atoms with E-state index in [0.29, 0.717) is 10.4 Å². The molecule has 2 unspecified atom stereocenters. The Balaban J connectivity index is 2.16. The molecule has 2 rings (SSSR count). The molecule has 4 nitrogen and oxygen atoms in total. The van der Waals surface area contributed by atoms with Crippen LogP contribution in [0.3, 0.4) is 0 Å². The number of hydrogen-bond acceptors (Lipinski definition) is 3. The van der Waals surface area contributed by atoms with Crippen molar-refractivity contribution in [1.82, 2.24) is 9.71 Å². The van der Waals surface area contributed by atoms with Crippen molar-refractivity contribution in [2.45, 2.75) is 43.5 Å². The van der Waals surface area contributed by atoms with Gasteiger partial charge >= 0.3 is 0 Å². The van der Waals surface area contributed by atoms with Gasteiger partial charge in [-0.25, -0.2) is 13.1 Å². The van der Waals surface area contributed by atoms with Crippen molar-refractivity contribution >= 4 is 26.0 Å². The van der Waals surface area contributed by atoms with E-state index in [1.165, 1.54) is 12.6 Å². The van der Waals surface area contributed by atoms with Gasteiger partial charge in [0.15, 0.2) is 0 Å². The summed E-state index contributed by atoms with van der Waals surface area (Å²) in [5.74, 6) is 0.397. The molecule has 0 spiro atoms. The van der Waals surface area contributed by atoms with E-state index >= 15 is 0 Å². The van der Waals surface area contributed by atoms with Gasteiger partial charge in [0.2, 0.25) is 10.0 Å². The molecule has 0 saturated heterocycles. The maximum absolute atomic E-state index is 12.2. The second-order valence-electron chi connectivity index (χ2n) is 4.83. The predicted octanol–water partition coefficient (Wildman–Crippen LogP) is 2.70. The van der Waals surface area contributed by atoms with Crippen molar-refractivity contribution in [1.29, 1.82) is 0 Å². The maximum atomic E-state index is 12.2. The Morgan fingerprint density at radius 3 is 2.72 bits per heavy atom. The Morgan fingerprint density at radius 1 is 1.33 bits per heavy atom. The molecule has 0 bridgehead atoms. The maximum Gasteiger partial charge on any atom is 0.242 e. The summed E-state index contributed by atoms with van der Waals surface area (Å²) in [4.78, 5) is 4.11. The summed E-state index contributed by atoms with van der Waals surface area (Å²) >= 11 is 3.24. The molecule has 6 heteroatoms. The number of nitrogens with one attached hydrogen (secondary N) is 1. The van der Waals surface area contributed by atoms with E-state index in [2.05, 4.69) is 32.6 Å². The van der Waals surface area contributed by atoms with Crippen LogP contribution in [-0.4, -0.2) is 19.4 Å². The topological polar surface area (TPSA) is 59.1 Å². The summed E-state index contributed by atoms with van der Waals surface area (Å²) in [6, 6.07) is 1.62. The molecular weight excluding hydrogens is 316 g/mol. The van der Waals surface area contributed by atoms with Crippen molar-refractivity contribution in [2.24, 2.45) is 5.92 Å². The summed E-state index contributed by atoms with van der Waals surface area (Å²) < 4.78 is 27.9. The van der Waals surface area contributed by atoms with Gasteiger partial charge in [-0.15, -0.1) is 0 Å². The molecule has 1 fully saturated rings. The number of hydrogen-bond donors (Lipinski definition) is 1. The largest absolute Gasteiger partial charge is 0.262 e. The minimum atomic E-state index is -3.46. The highest BCUT2D eigenvalue weighted by molar-refractivity contribution is 9.10. The minimum Gasteiger partial charge on any atom is -0.262 e. The molecular formula is C12H17BrN2O2S. The lowest BCUT2D eigenvalue weighted by Crippen LogP contribution is -2.41. The number of pyridine rings is 1. The Kier molecular flexibility index (Phi) is 4.40. The molecule has 1 N–H and O–H groups in total. The molecule has 1 saturated carbocycles. The molecule has 0 radical (unpaired) electrons. The standard InChI is InChI=1S/C12H17BrN2O2S/c1-9-4-2-3-5-12(9)15-18(16,17)11-6-10(13)7-14-8-11/h6-9,12,15H,2-5H2,1H3. The fourth-order valence-electron chi connectivity index (χ4n) is 2.30. The first-order valence-electron chi connectivity index (χ1n) is 6.12. The van der Waals surface area contributed by atoms with Gasteiger partial charge in [-0.3, -0.25) is 4.98 Å². The third-order valence-electron chi connectivity index (χ3n) is 3.41. The first kappa shape index (κ1) is 14.0. The highest BCUT2D eigenvalue weighted by Crippen LogP contribution is 2.25. The number of rotatable bonds is 3. The van der Waals surface area contributed by atoms with Gasteiger partial charge in [0, 0.05) is 22.9 Å². The second-order valence-corrected chi connectivity index (χ2v) is 7.46. The van der Waals surface area contributed by atoms with Crippen LogP contribution >= 0.6 is 15.9 Å².